The summed E-state index contributed by atoms with van der Waals surface area (Å²) in [6, 6.07) is 19.0. The lowest BCUT2D eigenvalue weighted by molar-refractivity contribution is -0.127. The van der Waals surface area contributed by atoms with Crippen molar-refractivity contribution in [3.05, 3.63) is 94.8 Å². The van der Waals surface area contributed by atoms with Gasteiger partial charge in [0.15, 0.2) is 0 Å². The van der Waals surface area contributed by atoms with Crippen LogP contribution in [0.4, 0.5) is 0 Å². The Hall–Kier alpha value is -3.38. The number of nitrogens with one attached hydrogen (secondary N) is 1. The number of benzene rings is 2. The van der Waals surface area contributed by atoms with Crippen LogP contribution in [0.5, 0.6) is 5.75 Å². The first kappa shape index (κ1) is 24.7. The number of methoxy groups -OCH3 is 1. The van der Waals surface area contributed by atoms with Gasteiger partial charge in [-0.15, -0.1) is 0 Å². The maximum Gasteiger partial charge on any atom is 0.273 e. The van der Waals surface area contributed by atoms with Crippen molar-refractivity contribution in [2.75, 3.05) is 7.11 Å². The second-order valence-corrected chi connectivity index (χ2v) is 9.17. The van der Waals surface area contributed by atoms with Crippen molar-refractivity contribution in [2.24, 2.45) is 0 Å². The van der Waals surface area contributed by atoms with E-state index in [-0.39, 0.29) is 30.1 Å². The highest BCUT2D eigenvalue weighted by atomic mass is 35.5. The molecule has 0 bridgehead atoms. The van der Waals surface area contributed by atoms with Crippen molar-refractivity contribution in [1.29, 1.82) is 0 Å². The number of nitrogens with zero attached hydrogens (tertiary/aromatic N) is 2. The molecule has 3 aromatic rings. The highest BCUT2D eigenvalue weighted by Gasteiger charge is 2.34. The van der Waals surface area contributed by atoms with Gasteiger partial charge in [-0.2, -0.15) is 0 Å². The van der Waals surface area contributed by atoms with Crippen molar-refractivity contribution < 1.29 is 14.3 Å². The normalized spacial score (nSPS) is 14.7. The van der Waals surface area contributed by atoms with Crippen LogP contribution in [-0.4, -0.2) is 34.8 Å². The Kier molecular flexibility index (Phi) is 8.37. The van der Waals surface area contributed by atoms with Gasteiger partial charge in [0.05, 0.1) is 7.11 Å². The van der Waals surface area contributed by atoms with Gasteiger partial charge in [-0.25, -0.2) is 0 Å². The van der Waals surface area contributed by atoms with Crippen LogP contribution in [0.2, 0.25) is 5.02 Å². The first-order chi connectivity index (χ1) is 17.1. The minimum absolute atomic E-state index is 0.0940. The van der Waals surface area contributed by atoms with E-state index >= 15 is 0 Å². The Morgan fingerprint density at radius 3 is 2.54 bits per heavy atom. The summed E-state index contributed by atoms with van der Waals surface area (Å²) >= 11 is 6.48. The van der Waals surface area contributed by atoms with E-state index in [0.29, 0.717) is 16.3 Å². The SMILES string of the molecule is COc1cccc(C(C(=O)NC2CCCCC2)N(Cc2ccccc2Cl)C(=O)c2ccccn2)c1. The van der Waals surface area contributed by atoms with Crippen molar-refractivity contribution in [3.8, 4) is 5.75 Å². The number of aromatic nitrogens is 1. The predicted molar refractivity (Wildman–Crippen MR) is 136 cm³/mol. The molecule has 1 aliphatic rings. The molecule has 0 aliphatic heterocycles. The maximum absolute atomic E-state index is 13.9. The van der Waals surface area contributed by atoms with Crippen molar-refractivity contribution in [2.45, 2.75) is 50.7 Å². The van der Waals surface area contributed by atoms with Gasteiger partial charge in [0, 0.05) is 23.8 Å². The van der Waals surface area contributed by atoms with Crippen LogP contribution >= 0.6 is 11.6 Å². The van der Waals surface area contributed by atoms with E-state index in [1.54, 1.807) is 48.5 Å². The summed E-state index contributed by atoms with van der Waals surface area (Å²) in [6.45, 7) is 0.148. The third kappa shape index (κ3) is 6.20. The van der Waals surface area contributed by atoms with Gasteiger partial charge in [-0.3, -0.25) is 14.6 Å². The van der Waals surface area contributed by atoms with Crippen LogP contribution in [0.3, 0.4) is 0 Å². The molecule has 1 unspecified atom stereocenters. The largest absolute Gasteiger partial charge is 0.497 e. The standard InChI is InChI=1S/C28H30ClN3O3/c1-35-23-14-9-11-20(18-23)26(27(33)31-22-12-3-2-4-13-22)32(19-21-10-5-6-15-24(21)29)28(34)25-16-7-8-17-30-25/h5-11,14-18,22,26H,2-4,12-13,19H2,1H3,(H,31,33). The molecule has 1 saturated carbocycles. The van der Waals surface area contributed by atoms with Gasteiger partial charge in [-0.1, -0.05) is 67.3 Å². The number of amides is 2. The number of hydrogen-bond donors (Lipinski definition) is 1. The molecule has 6 nitrogen and oxygen atoms in total. The van der Waals surface area contributed by atoms with Gasteiger partial charge in [-0.05, 0) is 54.3 Å². The molecule has 182 valence electrons. The maximum atomic E-state index is 13.9. The van der Waals surface area contributed by atoms with E-state index in [0.717, 1.165) is 31.2 Å². The van der Waals surface area contributed by atoms with Gasteiger partial charge in [0.2, 0.25) is 5.91 Å². The molecule has 2 aromatic carbocycles. The fraction of sp³-hybridized carbons (Fsp3) is 0.321. The molecule has 0 spiro atoms. The molecule has 1 aliphatic carbocycles. The number of hydrogen-bond acceptors (Lipinski definition) is 4. The zero-order valence-electron chi connectivity index (χ0n) is 19.8. The third-order valence-corrected chi connectivity index (χ3v) is 6.73. The van der Waals surface area contributed by atoms with E-state index in [9.17, 15) is 9.59 Å². The van der Waals surface area contributed by atoms with Crippen molar-refractivity contribution >= 4 is 23.4 Å². The van der Waals surface area contributed by atoms with Crippen LogP contribution < -0.4 is 10.1 Å². The zero-order valence-corrected chi connectivity index (χ0v) is 20.6. The van der Waals surface area contributed by atoms with Gasteiger partial charge < -0.3 is 15.0 Å². The number of carbonyl (C=O) groups is 2. The molecular weight excluding hydrogens is 462 g/mol. The van der Waals surface area contributed by atoms with E-state index in [1.165, 1.54) is 6.42 Å². The number of halogens is 1. The molecule has 1 heterocycles. The average Bonchev–Trinajstić information content (AvgIpc) is 2.90. The van der Waals surface area contributed by atoms with Crippen molar-refractivity contribution in [1.82, 2.24) is 15.2 Å². The molecular formula is C28H30ClN3O3. The summed E-state index contributed by atoms with van der Waals surface area (Å²) in [5.41, 5.74) is 1.67. The first-order valence-electron chi connectivity index (χ1n) is 12.0. The van der Waals surface area contributed by atoms with Crippen LogP contribution in [0.1, 0.15) is 59.8 Å². The van der Waals surface area contributed by atoms with Crippen LogP contribution in [0.25, 0.3) is 0 Å². The molecule has 35 heavy (non-hydrogen) atoms. The number of rotatable bonds is 8. The van der Waals surface area contributed by atoms with Gasteiger partial charge in [0.1, 0.15) is 17.5 Å². The Bertz CT molecular complexity index is 1150. The molecule has 1 N–H and O–H groups in total. The predicted octanol–water partition coefficient (Wildman–Crippen LogP) is 5.58. The third-order valence-electron chi connectivity index (χ3n) is 6.36. The fourth-order valence-electron chi connectivity index (χ4n) is 4.54. The lowest BCUT2D eigenvalue weighted by Crippen LogP contribution is -2.47. The Balaban J connectivity index is 1.77. The highest BCUT2D eigenvalue weighted by Crippen LogP contribution is 2.30. The van der Waals surface area contributed by atoms with Gasteiger partial charge >= 0.3 is 0 Å². The Morgan fingerprint density at radius 1 is 1.06 bits per heavy atom. The van der Waals surface area contributed by atoms with Crippen LogP contribution in [0.15, 0.2) is 72.9 Å². The number of pyridine rings is 1. The van der Waals surface area contributed by atoms with Crippen LogP contribution in [-0.2, 0) is 11.3 Å². The zero-order chi connectivity index (χ0) is 24.6. The molecule has 1 aromatic heterocycles. The molecule has 7 heteroatoms. The Labute approximate surface area is 211 Å². The van der Waals surface area contributed by atoms with Crippen LogP contribution in [0, 0.1) is 0 Å². The summed E-state index contributed by atoms with van der Waals surface area (Å²) in [5, 5.41) is 3.75. The second kappa shape index (κ2) is 11.8. The summed E-state index contributed by atoms with van der Waals surface area (Å²) < 4.78 is 5.43. The van der Waals surface area contributed by atoms with E-state index in [4.69, 9.17) is 16.3 Å². The quantitative estimate of drug-likeness (QED) is 0.446. The molecule has 1 atom stereocenters. The van der Waals surface area contributed by atoms with Crippen molar-refractivity contribution in [3.63, 3.8) is 0 Å². The Morgan fingerprint density at radius 2 is 1.83 bits per heavy atom. The average molecular weight is 492 g/mol. The smallest absolute Gasteiger partial charge is 0.273 e. The van der Waals surface area contributed by atoms with E-state index in [1.807, 2.05) is 36.4 Å². The molecule has 0 saturated heterocycles. The lowest BCUT2D eigenvalue weighted by Gasteiger charge is -2.33. The minimum Gasteiger partial charge on any atom is -0.497 e. The molecule has 1 fully saturated rings. The summed E-state index contributed by atoms with van der Waals surface area (Å²) in [7, 11) is 1.58. The molecule has 0 radical (unpaired) electrons. The first-order valence-corrected chi connectivity index (χ1v) is 12.3. The summed E-state index contributed by atoms with van der Waals surface area (Å²) in [5.74, 6) is 0.0413. The number of ether oxygens (including phenoxy) is 1. The van der Waals surface area contributed by atoms with E-state index < -0.39 is 6.04 Å². The molecule has 4 rings (SSSR count). The van der Waals surface area contributed by atoms with E-state index in [2.05, 4.69) is 10.3 Å². The fourth-order valence-corrected chi connectivity index (χ4v) is 4.73. The number of carbonyl (C=O) groups excluding carboxylic acids is 2. The summed E-state index contributed by atoms with van der Waals surface area (Å²) in [6.07, 6.45) is 6.81. The minimum atomic E-state index is -0.891. The summed E-state index contributed by atoms with van der Waals surface area (Å²) in [4.78, 5) is 33.5. The highest BCUT2D eigenvalue weighted by molar-refractivity contribution is 6.31. The van der Waals surface area contributed by atoms with Gasteiger partial charge in [0.25, 0.3) is 5.91 Å². The second-order valence-electron chi connectivity index (χ2n) is 8.76. The lowest BCUT2D eigenvalue weighted by atomic mass is 9.94. The topological polar surface area (TPSA) is 71.5 Å². The monoisotopic (exact) mass is 491 g/mol. The molecule has 2 amide bonds.